The molecule has 19 heavy (non-hydrogen) atoms. The van der Waals surface area contributed by atoms with E-state index in [0.717, 1.165) is 0 Å². The smallest absolute Gasteiger partial charge is 0.408 e. The van der Waals surface area contributed by atoms with Crippen molar-refractivity contribution in [3.05, 3.63) is 0 Å². The van der Waals surface area contributed by atoms with Crippen LogP contribution in [0.5, 0.6) is 0 Å². The Labute approximate surface area is 113 Å². The van der Waals surface area contributed by atoms with Gasteiger partial charge in [0.2, 0.25) is 5.91 Å². The van der Waals surface area contributed by atoms with Gasteiger partial charge < -0.3 is 20.1 Å². The molecule has 0 aliphatic heterocycles. The fourth-order valence-electron chi connectivity index (χ4n) is 1.24. The number of carbonyl (C=O) groups excluding carboxylic acids is 3. The number of carbonyl (C=O) groups is 3. The van der Waals surface area contributed by atoms with Crippen molar-refractivity contribution in [1.82, 2.24) is 10.6 Å². The summed E-state index contributed by atoms with van der Waals surface area (Å²) >= 11 is 0. The van der Waals surface area contributed by atoms with Gasteiger partial charge in [0, 0.05) is 13.5 Å². The fraction of sp³-hybridized carbons (Fsp3) is 0.750. The standard InChI is InChI=1S/C12H22N2O5/c1-12(2,3)19-11(17)14-8(10(16)18-5)6-7-9(15)13-4/h8H,6-7H2,1-5H3,(H,13,15)(H,14,17)/t8-/m0/s1. The zero-order valence-electron chi connectivity index (χ0n) is 12.0. The van der Waals surface area contributed by atoms with E-state index in [9.17, 15) is 14.4 Å². The van der Waals surface area contributed by atoms with Crippen LogP contribution in [0, 0.1) is 0 Å². The zero-order valence-corrected chi connectivity index (χ0v) is 12.0. The van der Waals surface area contributed by atoms with Gasteiger partial charge in [-0.25, -0.2) is 9.59 Å². The summed E-state index contributed by atoms with van der Waals surface area (Å²) in [5.41, 5.74) is -0.661. The Hall–Kier alpha value is -1.79. The summed E-state index contributed by atoms with van der Waals surface area (Å²) in [7, 11) is 2.71. The second-order valence-corrected chi connectivity index (χ2v) is 4.93. The number of amides is 2. The van der Waals surface area contributed by atoms with Crippen LogP contribution in [0.4, 0.5) is 4.79 Å². The highest BCUT2D eigenvalue weighted by Crippen LogP contribution is 2.08. The van der Waals surface area contributed by atoms with Gasteiger partial charge in [-0.3, -0.25) is 4.79 Å². The van der Waals surface area contributed by atoms with Gasteiger partial charge in [-0.05, 0) is 27.2 Å². The second kappa shape index (κ2) is 7.60. The first-order chi connectivity index (χ1) is 8.69. The average molecular weight is 274 g/mol. The third kappa shape index (κ3) is 8.01. The molecular formula is C12H22N2O5. The Morgan fingerprint density at radius 3 is 2.21 bits per heavy atom. The number of nitrogens with one attached hydrogen (secondary N) is 2. The minimum atomic E-state index is -0.905. The van der Waals surface area contributed by atoms with Gasteiger partial charge in [0.1, 0.15) is 11.6 Å². The molecule has 0 aliphatic rings. The first-order valence-electron chi connectivity index (χ1n) is 5.97. The topological polar surface area (TPSA) is 93.7 Å². The van der Waals surface area contributed by atoms with Gasteiger partial charge in [-0.15, -0.1) is 0 Å². The van der Waals surface area contributed by atoms with Crippen LogP contribution in [-0.2, 0) is 19.1 Å². The lowest BCUT2D eigenvalue weighted by atomic mass is 10.1. The van der Waals surface area contributed by atoms with E-state index in [1.807, 2.05) is 0 Å². The van der Waals surface area contributed by atoms with Crippen LogP contribution in [-0.4, -0.2) is 43.8 Å². The van der Waals surface area contributed by atoms with E-state index in [0.29, 0.717) is 0 Å². The predicted octanol–water partition coefficient (Wildman–Crippen LogP) is 0.579. The van der Waals surface area contributed by atoms with Crippen LogP contribution in [0.3, 0.4) is 0 Å². The molecule has 0 saturated carbocycles. The van der Waals surface area contributed by atoms with E-state index in [1.165, 1.54) is 14.2 Å². The van der Waals surface area contributed by atoms with E-state index in [2.05, 4.69) is 15.4 Å². The number of methoxy groups -OCH3 is 1. The van der Waals surface area contributed by atoms with Crippen molar-refractivity contribution < 1.29 is 23.9 Å². The molecule has 0 aromatic rings. The minimum absolute atomic E-state index is 0.103. The van der Waals surface area contributed by atoms with E-state index < -0.39 is 23.7 Å². The maximum Gasteiger partial charge on any atom is 0.408 e. The van der Waals surface area contributed by atoms with Crippen LogP contribution in [0.25, 0.3) is 0 Å². The van der Waals surface area contributed by atoms with Gasteiger partial charge in [0.25, 0.3) is 0 Å². The van der Waals surface area contributed by atoms with Crippen LogP contribution in [0.2, 0.25) is 0 Å². The highest BCUT2D eigenvalue weighted by molar-refractivity contribution is 5.82. The van der Waals surface area contributed by atoms with Gasteiger partial charge in [0.05, 0.1) is 7.11 Å². The molecule has 7 nitrogen and oxygen atoms in total. The molecule has 7 heteroatoms. The van der Waals surface area contributed by atoms with Crippen molar-refractivity contribution in [2.75, 3.05) is 14.2 Å². The summed E-state index contributed by atoms with van der Waals surface area (Å²) in [4.78, 5) is 34.2. The third-order valence-corrected chi connectivity index (χ3v) is 2.12. The maximum atomic E-state index is 11.6. The van der Waals surface area contributed by atoms with Gasteiger partial charge in [0.15, 0.2) is 0 Å². The molecule has 2 N–H and O–H groups in total. The lowest BCUT2D eigenvalue weighted by molar-refractivity contribution is -0.143. The maximum absolute atomic E-state index is 11.6. The van der Waals surface area contributed by atoms with E-state index in [-0.39, 0.29) is 18.7 Å². The Morgan fingerprint density at radius 2 is 1.79 bits per heavy atom. The molecule has 110 valence electrons. The summed E-state index contributed by atoms with van der Waals surface area (Å²) in [5, 5.41) is 4.82. The van der Waals surface area contributed by atoms with Gasteiger partial charge in [-0.1, -0.05) is 0 Å². The Morgan fingerprint density at radius 1 is 1.21 bits per heavy atom. The molecule has 0 radical (unpaired) electrons. The molecule has 0 aliphatic carbocycles. The van der Waals surface area contributed by atoms with E-state index in [1.54, 1.807) is 20.8 Å². The Kier molecular flexibility index (Phi) is 6.89. The molecule has 0 aromatic heterocycles. The van der Waals surface area contributed by atoms with Crippen LogP contribution >= 0.6 is 0 Å². The molecule has 0 heterocycles. The highest BCUT2D eigenvalue weighted by atomic mass is 16.6. The first-order valence-corrected chi connectivity index (χ1v) is 5.97. The number of rotatable bonds is 5. The summed E-state index contributed by atoms with van der Waals surface area (Å²) < 4.78 is 9.61. The van der Waals surface area contributed by atoms with Crippen molar-refractivity contribution in [1.29, 1.82) is 0 Å². The van der Waals surface area contributed by atoms with Crippen LogP contribution < -0.4 is 10.6 Å². The number of hydrogen-bond acceptors (Lipinski definition) is 5. The van der Waals surface area contributed by atoms with Crippen molar-refractivity contribution in [2.24, 2.45) is 0 Å². The number of hydrogen-bond donors (Lipinski definition) is 2. The van der Waals surface area contributed by atoms with Crippen molar-refractivity contribution in [3.8, 4) is 0 Å². The molecule has 0 rings (SSSR count). The van der Waals surface area contributed by atoms with Crippen molar-refractivity contribution in [3.63, 3.8) is 0 Å². The summed E-state index contributed by atoms with van der Waals surface area (Å²) in [6.45, 7) is 5.14. The van der Waals surface area contributed by atoms with E-state index in [4.69, 9.17) is 4.74 Å². The molecule has 0 aromatic carbocycles. The molecule has 0 fully saturated rings. The van der Waals surface area contributed by atoms with Gasteiger partial charge in [-0.2, -0.15) is 0 Å². The summed E-state index contributed by atoms with van der Waals surface area (Å²) in [6, 6.07) is -0.905. The minimum Gasteiger partial charge on any atom is -0.467 e. The molecule has 0 unspecified atom stereocenters. The summed E-state index contributed by atoms with van der Waals surface area (Å²) in [5.74, 6) is -0.838. The van der Waals surface area contributed by atoms with Crippen molar-refractivity contribution in [2.45, 2.75) is 45.3 Å². The van der Waals surface area contributed by atoms with Crippen LogP contribution in [0.1, 0.15) is 33.6 Å². The molecule has 2 amide bonds. The third-order valence-electron chi connectivity index (χ3n) is 2.12. The number of alkyl carbamates (subject to hydrolysis) is 1. The fourth-order valence-corrected chi connectivity index (χ4v) is 1.24. The summed E-state index contributed by atoms with van der Waals surface area (Å²) in [6.07, 6.45) is -0.475. The van der Waals surface area contributed by atoms with Crippen LogP contribution in [0.15, 0.2) is 0 Å². The monoisotopic (exact) mass is 274 g/mol. The molecular weight excluding hydrogens is 252 g/mol. The average Bonchev–Trinajstić information content (AvgIpc) is 2.30. The lowest BCUT2D eigenvalue weighted by Gasteiger charge is -2.22. The van der Waals surface area contributed by atoms with Crippen molar-refractivity contribution >= 4 is 18.0 Å². The first kappa shape index (κ1) is 17.2. The molecule has 1 atom stereocenters. The lowest BCUT2D eigenvalue weighted by Crippen LogP contribution is -2.44. The van der Waals surface area contributed by atoms with E-state index >= 15 is 0 Å². The largest absolute Gasteiger partial charge is 0.467 e. The molecule has 0 bridgehead atoms. The second-order valence-electron chi connectivity index (χ2n) is 4.93. The zero-order chi connectivity index (χ0) is 15.1. The normalized spacial score (nSPS) is 12.3. The molecule has 0 spiro atoms. The quantitative estimate of drug-likeness (QED) is 0.715. The van der Waals surface area contributed by atoms with Gasteiger partial charge >= 0.3 is 12.1 Å². The SMILES string of the molecule is CNC(=O)CC[C@H](NC(=O)OC(C)(C)C)C(=O)OC. The Balaban J connectivity index is 4.47. The Bertz CT molecular complexity index is 336. The number of esters is 1. The number of ether oxygens (including phenoxy) is 2. The predicted molar refractivity (Wildman–Crippen MR) is 68.5 cm³/mol. The molecule has 0 saturated heterocycles. The highest BCUT2D eigenvalue weighted by Gasteiger charge is 2.25.